The smallest absolute Gasteiger partial charge is 0.185 e. The highest BCUT2D eigenvalue weighted by molar-refractivity contribution is 7.94. The van der Waals surface area contributed by atoms with Crippen molar-refractivity contribution in [3.05, 3.63) is 35.9 Å². The van der Waals surface area contributed by atoms with Crippen LogP contribution in [-0.4, -0.2) is 57.7 Å². The highest BCUT2D eigenvalue weighted by atomic mass is 32.2. The molecule has 1 unspecified atom stereocenters. The predicted octanol–water partition coefficient (Wildman–Crippen LogP) is 0.212. The van der Waals surface area contributed by atoms with Crippen LogP contribution in [0.4, 0.5) is 0 Å². The van der Waals surface area contributed by atoms with Crippen LogP contribution in [-0.2, 0) is 8.92 Å². The van der Waals surface area contributed by atoms with Gasteiger partial charge in [-0.2, -0.15) is 0 Å². The fourth-order valence-electron chi connectivity index (χ4n) is 2.10. The van der Waals surface area contributed by atoms with Crippen molar-refractivity contribution in [2.75, 3.05) is 6.61 Å². The third-order valence-electron chi connectivity index (χ3n) is 3.42. The largest absolute Gasteiger partial charge is 0.394 e. The molecular weight excluding hydrogens is 296 g/mol. The van der Waals surface area contributed by atoms with E-state index in [4.69, 9.17) is 14.0 Å². The molecule has 7 heteroatoms. The Bertz CT molecular complexity index is 431. The molecule has 0 spiro atoms. The number of ether oxygens (including phenoxy) is 1. The van der Waals surface area contributed by atoms with E-state index >= 15 is 0 Å². The van der Waals surface area contributed by atoms with E-state index in [9.17, 15) is 15.3 Å². The van der Waals surface area contributed by atoms with Gasteiger partial charge in [0.25, 0.3) is 0 Å². The van der Waals surface area contributed by atoms with Crippen LogP contribution >= 0.6 is 12.0 Å². The number of aliphatic hydroxyl groups is 4. The van der Waals surface area contributed by atoms with Crippen LogP contribution in [0.3, 0.4) is 0 Å². The van der Waals surface area contributed by atoms with Gasteiger partial charge in [0, 0.05) is 0 Å². The minimum absolute atomic E-state index is 0.0155. The van der Waals surface area contributed by atoms with Gasteiger partial charge in [-0.25, -0.2) is 0 Å². The second-order valence-corrected chi connectivity index (χ2v) is 6.03. The first-order valence-electron chi connectivity index (χ1n) is 6.72. The molecule has 1 aliphatic heterocycles. The first-order valence-corrected chi connectivity index (χ1v) is 7.52. The van der Waals surface area contributed by atoms with E-state index in [-0.39, 0.29) is 5.25 Å². The molecule has 2 rings (SSSR count). The van der Waals surface area contributed by atoms with Crippen LogP contribution in [0.2, 0.25) is 0 Å². The zero-order valence-electron chi connectivity index (χ0n) is 11.6. The van der Waals surface area contributed by atoms with Gasteiger partial charge in [-0.05, 0) is 24.5 Å². The number of benzene rings is 1. The Labute approximate surface area is 127 Å². The Morgan fingerprint density at radius 1 is 1.19 bits per heavy atom. The maximum atomic E-state index is 9.95. The average molecular weight is 316 g/mol. The van der Waals surface area contributed by atoms with E-state index in [0.29, 0.717) is 0 Å². The SMILES string of the molecule is CC(SO[C@@H]1[C@@H](O)[C@@H](O)[C@@H](CO)O[C@H]1O)c1ccccc1. The third-order valence-corrected chi connectivity index (χ3v) is 4.32. The summed E-state index contributed by atoms with van der Waals surface area (Å²) < 4.78 is 10.5. The van der Waals surface area contributed by atoms with Crippen molar-refractivity contribution >= 4 is 12.0 Å². The summed E-state index contributed by atoms with van der Waals surface area (Å²) in [6, 6.07) is 9.63. The molecular formula is C14H20O6S. The minimum atomic E-state index is -1.41. The van der Waals surface area contributed by atoms with Crippen molar-refractivity contribution in [3.63, 3.8) is 0 Å². The van der Waals surface area contributed by atoms with Crippen LogP contribution in [0.25, 0.3) is 0 Å². The first kappa shape index (κ1) is 16.7. The molecule has 1 fully saturated rings. The third kappa shape index (κ3) is 3.95. The van der Waals surface area contributed by atoms with Gasteiger partial charge in [0.15, 0.2) is 12.4 Å². The Morgan fingerprint density at radius 3 is 2.48 bits per heavy atom. The van der Waals surface area contributed by atoms with Crippen LogP contribution in [0.15, 0.2) is 30.3 Å². The van der Waals surface area contributed by atoms with Crippen LogP contribution in [0.1, 0.15) is 17.7 Å². The highest BCUT2D eigenvalue weighted by Gasteiger charge is 2.44. The quantitative estimate of drug-likeness (QED) is 0.576. The summed E-state index contributed by atoms with van der Waals surface area (Å²) in [6.07, 6.45) is -6.15. The van der Waals surface area contributed by atoms with Crippen LogP contribution < -0.4 is 0 Å². The van der Waals surface area contributed by atoms with Gasteiger partial charge in [-0.15, -0.1) is 0 Å². The summed E-state index contributed by atoms with van der Waals surface area (Å²) >= 11 is 1.08. The topological polar surface area (TPSA) is 99.4 Å². The maximum absolute atomic E-state index is 9.95. The summed E-state index contributed by atoms with van der Waals surface area (Å²) in [5, 5.41) is 38.5. The van der Waals surface area contributed by atoms with E-state index in [1.165, 1.54) is 0 Å². The normalized spacial score (nSPS) is 34.6. The first-order chi connectivity index (χ1) is 10.0. The molecule has 4 N–H and O–H groups in total. The molecule has 0 aliphatic carbocycles. The van der Waals surface area contributed by atoms with E-state index in [2.05, 4.69) is 0 Å². The molecule has 6 nitrogen and oxygen atoms in total. The molecule has 1 heterocycles. The molecule has 1 aromatic rings. The van der Waals surface area contributed by atoms with Crippen molar-refractivity contribution in [2.24, 2.45) is 0 Å². The van der Waals surface area contributed by atoms with Gasteiger partial charge in [0.2, 0.25) is 0 Å². The van der Waals surface area contributed by atoms with Gasteiger partial charge in [-0.1, -0.05) is 30.3 Å². The Morgan fingerprint density at radius 2 is 1.86 bits per heavy atom. The van der Waals surface area contributed by atoms with Crippen LogP contribution in [0, 0.1) is 0 Å². The number of aliphatic hydroxyl groups excluding tert-OH is 4. The van der Waals surface area contributed by atoms with Crippen molar-refractivity contribution in [2.45, 2.75) is 42.9 Å². The summed E-state index contributed by atoms with van der Waals surface area (Å²) in [5.74, 6) is 0. The molecule has 118 valence electrons. The number of hydrogen-bond donors (Lipinski definition) is 4. The Balaban J connectivity index is 1.93. The zero-order chi connectivity index (χ0) is 15.4. The standard InChI is InChI=1S/C14H20O6S/c1-8(9-5-3-2-4-6-9)21-20-13-12(17)11(16)10(7-15)19-14(13)18/h2-6,8,10-18H,7H2,1H3/t8?,10-,11+,12+,13-,14-/m1/s1. The highest BCUT2D eigenvalue weighted by Crippen LogP contribution is 2.33. The molecule has 1 aromatic carbocycles. The molecule has 1 aliphatic rings. The lowest BCUT2D eigenvalue weighted by molar-refractivity contribution is -0.278. The molecule has 0 bridgehead atoms. The summed E-state index contributed by atoms with van der Waals surface area (Å²) in [4.78, 5) is 0. The van der Waals surface area contributed by atoms with E-state index in [0.717, 1.165) is 17.6 Å². The lowest BCUT2D eigenvalue weighted by atomic mass is 9.99. The van der Waals surface area contributed by atoms with Crippen molar-refractivity contribution in [3.8, 4) is 0 Å². The maximum Gasteiger partial charge on any atom is 0.185 e. The fraction of sp³-hybridized carbons (Fsp3) is 0.571. The summed E-state index contributed by atoms with van der Waals surface area (Å²) in [5.41, 5.74) is 1.04. The molecule has 1 saturated heterocycles. The second-order valence-electron chi connectivity index (χ2n) is 4.94. The van der Waals surface area contributed by atoms with Gasteiger partial charge in [0.05, 0.1) is 11.9 Å². The molecule has 0 radical (unpaired) electrons. The minimum Gasteiger partial charge on any atom is -0.394 e. The molecule has 21 heavy (non-hydrogen) atoms. The molecule has 0 amide bonds. The van der Waals surface area contributed by atoms with Gasteiger partial charge in [-0.3, -0.25) is 0 Å². The summed E-state index contributed by atoms with van der Waals surface area (Å²) in [6.45, 7) is 1.44. The number of hydrogen-bond acceptors (Lipinski definition) is 7. The summed E-state index contributed by atoms with van der Waals surface area (Å²) in [7, 11) is 0. The van der Waals surface area contributed by atoms with Crippen molar-refractivity contribution in [1.29, 1.82) is 0 Å². The van der Waals surface area contributed by atoms with Gasteiger partial charge < -0.3 is 29.3 Å². The Hall–Kier alpha value is -0.670. The second kappa shape index (κ2) is 7.55. The predicted molar refractivity (Wildman–Crippen MR) is 77.3 cm³/mol. The number of rotatable bonds is 5. The molecule has 0 saturated carbocycles. The molecule has 6 atom stereocenters. The van der Waals surface area contributed by atoms with Crippen LogP contribution in [0.5, 0.6) is 0 Å². The van der Waals surface area contributed by atoms with Crippen molar-refractivity contribution < 1.29 is 29.3 Å². The van der Waals surface area contributed by atoms with Gasteiger partial charge in [0.1, 0.15) is 18.3 Å². The lowest BCUT2D eigenvalue weighted by Gasteiger charge is -2.39. The zero-order valence-corrected chi connectivity index (χ0v) is 12.4. The average Bonchev–Trinajstić information content (AvgIpc) is 2.51. The van der Waals surface area contributed by atoms with E-state index in [1.54, 1.807) is 0 Å². The Kier molecular flexibility index (Phi) is 6.00. The van der Waals surface area contributed by atoms with E-state index in [1.807, 2.05) is 37.3 Å². The fourth-order valence-corrected chi connectivity index (χ4v) is 2.87. The van der Waals surface area contributed by atoms with Crippen molar-refractivity contribution in [1.82, 2.24) is 0 Å². The lowest BCUT2D eigenvalue weighted by Crippen LogP contribution is -2.58. The van der Waals surface area contributed by atoms with Gasteiger partial charge >= 0.3 is 0 Å². The monoisotopic (exact) mass is 316 g/mol. The molecule has 0 aromatic heterocycles. The van der Waals surface area contributed by atoms with E-state index < -0.39 is 37.3 Å².